The lowest BCUT2D eigenvalue weighted by atomic mass is 10.1. The van der Waals surface area contributed by atoms with Crippen molar-refractivity contribution >= 4 is 0 Å². The van der Waals surface area contributed by atoms with Crippen LogP contribution in [0, 0.1) is 0 Å². The van der Waals surface area contributed by atoms with Gasteiger partial charge in [0.1, 0.15) is 0 Å². The highest BCUT2D eigenvalue weighted by Crippen LogP contribution is 2.13. The molecular formula is C7H13N3. The van der Waals surface area contributed by atoms with Crippen molar-refractivity contribution in [3.05, 3.63) is 18.2 Å². The van der Waals surface area contributed by atoms with Gasteiger partial charge in [0.15, 0.2) is 0 Å². The zero-order valence-electron chi connectivity index (χ0n) is 6.17. The van der Waals surface area contributed by atoms with Gasteiger partial charge in [-0.3, -0.25) is 0 Å². The first-order valence-corrected chi connectivity index (χ1v) is 3.53. The third-order valence-electron chi connectivity index (χ3n) is 1.65. The quantitative estimate of drug-likeness (QED) is 0.652. The number of hydrogen-bond acceptors (Lipinski definition) is 2. The molecule has 0 radical (unpaired) electrons. The molecule has 10 heavy (non-hydrogen) atoms. The van der Waals surface area contributed by atoms with Crippen molar-refractivity contribution in [2.24, 2.45) is 5.73 Å². The van der Waals surface area contributed by atoms with Crippen molar-refractivity contribution in [1.29, 1.82) is 0 Å². The van der Waals surface area contributed by atoms with Crippen molar-refractivity contribution < 1.29 is 0 Å². The van der Waals surface area contributed by atoms with Crippen LogP contribution in [-0.4, -0.2) is 16.5 Å². The number of aromatic nitrogens is 2. The van der Waals surface area contributed by atoms with Crippen LogP contribution in [-0.2, 0) is 0 Å². The summed E-state index contributed by atoms with van der Waals surface area (Å²) in [7, 11) is 0. The summed E-state index contributed by atoms with van der Waals surface area (Å²) in [5, 5.41) is 0. The number of nitrogens with two attached hydrogens (primary N) is 1. The Morgan fingerprint density at radius 3 is 3.10 bits per heavy atom. The summed E-state index contributed by atoms with van der Waals surface area (Å²) in [6.07, 6.45) is 4.56. The molecule has 1 atom stereocenters. The average molecular weight is 139 g/mol. The van der Waals surface area contributed by atoms with Crippen molar-refractivity contribution in [3.63, 3.8) is 0 Å². The summed E-state index contributed by atoms with van der Waals surface area (Å²) in [5.41, 5.74) is 6.57. The van der Waals surface area contributed by atoms with Crippen molar-refractivity contribution in [1.82, 2.24) is 9.97 Å². The summed E-state index contributed by atoms with van der Waals surface area (Å²) >= 11 is 0. The third-order valence-corrected chi connectivity index (χ3v) is 1.65. The smallest absolute Gasteiger partial charge is 0.0921 e. The molecule has 0 amide bonds. The van der Waals surface area contributed by atoms with Gasteiger partial charge >= 0.3 is 0 Å². The van der Waals surface area contributed by atoms with Crippen LogP contribution in [0.5, 0.6) is 0 Å². The van der Waals surface area contributed by atoms with Gasteiger partial charge in [0.05, 0.1) is 6.33 Å². The zero-order chi connectivity index (χ0) is 7.40. The van der Waals surface area contributed by atoms with Gasteiger partial charge in [-0.15, -0.1) is 0 Å². The first kappa shape index (κ1) is 7.28. The predicted octanol–water partition coefficient (Wildman–Crippen LogP) is 0.862. The molecule has 1 heterocycles. The first-order valence-electron chi connectivity index (χ1n) is 3.53. The maximum atomic E-state index is 5.40. The van der Waals surface area contributed by atoms with E-state index in [1.54, 1.807) is 6.33 Å². The van der Waals surface area contributed by atoms with Crippen LogP contribution in [0.1, 0.15) is 25.0 Å². The molecule has 0 saturated carbocycles. The molecule has 1 rings (SSSR count). The summed E-state index contributed by atoms with van der Waals surface area (Å²) in [4.78, 5) is 6.98. The molecule has 0 fully saturated rings. The third kappa shape index (κ3) is 1.57. The molecule has 0 aliphatic carbocycles. The number of nitrogens with zero attached hydrogens (tertiary/aromatic N) is 1. The normalized spacial score (nSPS) is 13.4. The minimum atomic E-state index is 0.507. The van der Waals surface area contributed by atoms with Crippen LogP contribution in [0.25, 0.3) is 0 Å². The van der Waals surface area contributed by atoms with Gasteiger partial charge in [0.2, 0.25) is 0 Å². The Morgan fingerprint density at radius 2 is 2.60 bits per heavy atom. The van der Waals surface area contributed by atoms with Crippen molar-refractivity contribution in [3.8, 4) is 0 Å². The van der Waals surface area contributed by atoms with Crippen LogP contribution in [0.2, 0.25) is 0 Å². The van der Waals surface area contributed by atoms with Gasteiger partial charge in [-0.1, -0.05) is 6.92 Å². The maximum absolute atomic E-state index is 5.40. The van der Waals surface area contributed by atoms with E-state index in [2.05, 4.69) is 16.9 Å². The van der Waals surface area contributed by atoms with Gasteiger partial charge in [-0.25, -0.2) is 4.98 Å². The van der Waals surface area contributed by atoms with Crippen LogP contribution < -0.4 is 5.73 Å². The summed E-state index contributed by atoms with van der Waals surface area (Å²) in [5.74, 6) is 0.507. The highest BCUT2D eigenvalue weighted by atomic mass is 14.9. The van der Waals surface area contributed by atoms with Crippen LogP contribution >= 0.6 is 0 Å². The first-order chi connectivity index (χ1) is 4.84. The maximum Gasteiger partial charge on any atom is 0.0921 e. The molecule has 56 valence electrons. The predicted molar refractivity (Wildman–Crippen MR) is 40.7 cm³/mol. The number of aromatic amines is 1. The fourth-order valence-electron chi connectivity index (χ4n) is 0.942. The van der Waals surface area contributed by atoms with E-state index in [-0.39, 0.29) is 0 Å². The SMILES string of the molecule is CC(CCN)c1cnc[nH]1. The highest BCUT2D eigenvalue weighted by Gasteiger charge is 2.03. The topological polar surface area (TPSA) is 54.7 Å². The van der Waals surface area contributed by atoms with Crippen molar-refractivity contribution in [2.75, 3.05) is 6.54 Å². The van der Waals surface area contributed by atoms with E-state index in [1.807, 2.05) is 6.20 Å². The fraction of sp³-hybridized carbons (Fsp3) is 0.571. The molecule has 3 N–H and O–H groups in total. The van der Waals surface area contributed by atoms with E-state index in [9.17, 15) is 0 Å². The van der Waals surface area contributed by atoms with Crippen LogP contribution in [0.4, 0.5) is 0 Å². The molecule has 1 aromatic heterocycles. The second-order valence-corrected chi connectivity index (χ2v) is 2.49. The number of nitrogens with one attached hydrogen (secondary N) is 1. The lowest BCUT2D eigenvalue weighted by Gasteiger charge is -2.05. The second kappa shape index (κ2) is 3.37. The Kier molecular flexibility index (Phi) is 2.45. The summed E-state index contributed by atoms with van der Waals surface area (Å²) in [6.45, 7) is 2.88. The number of hydrogen-bond donors (Lipinski definition) is 2. The van der Waals surface area contributed by atoms with E-state index in [4.69, 9.17) is 5.73 Å². The van der Waals surface area contributed by atoms with Crippen LogP contribution in [0.15, 0.2) is 12.5 Å². The second-order valence-electron chi connectivity index (χ2n) is 2.49. The summed E-state index contributed by atoms with van der Waals surface area (Å²) in [6, 6.07) is 0. The molecule has 0 aliphatic rings. The Balaban J connectivity index is 2.50. The highest BCUT2D eigenvalue weighted by molar-refractivity contribution is 5.01. The molecule has 3 heteroatoms. The van der Waals surface area contributed by atoms with E-state index in [1.165, 1.54) is 5.69 Å². The zero-order valence-corrected chi connectivity index (χ0v) is 6.17. The van der Waals surface area contributed by atoms with E-state index in [0.717, 1.165) is 13.0 Å². The van der Waals surface area contributed by atoms with E-state index >= 15 is 0 Å². The van der Waals surface area contributed by atoms with Gasteiger partial charge in [-0.05, 0) is 18.9 Å². The molecular weight excluding hydrogens is 126 g/mol. The molecule has 0 bridgehead atoms. The van der Waals surface area contributed by atoms with Gasteiger partial charge in [-0.2, -0.15) is 0 Å². The average Bonchev–Trinajstić information content (AvgIpc) is 2.38. The lowest BCUT2D eigenvalue weighted by Crippen LogP contribution is -2.04. The molecule has 1 aromatic rings. The van der Waals surface area contributed by atoms with Gasteiger partial charge in [0, 0.05) is 11.9 Å². The molecule has 0 saturated heterocycles. The minimum absolute atomic E-state index is 0.507. The van der Waals surface area contributed by atoms with E-state index < -0.39 is 0 Å². The largest absolute Gasteiger partial charge is 0.348 e. The summed E-state index contributed by atoms with van der Waals surface area (Å²) < 4.78 is 0. The number of H-pyrrole nitrogens is 1. The Bertz CT molecular complexity index is 169. The van der Waals surface area contributed by atoms with Crippen molar-refractivity contribution in [2.45, 2.75) is 19.3 Å². The standard InChI is InChI=1S/C7H13N3/c1-6(2-3-8)7-4-9-5-10-7/h4-6H,2-3,8H2,1H3,(H,9,10). The minimum Gasteiger partial charge on any atom is -0.348 e. The lowest BCUT2D eigenvalue weighted by molar-refractivity contribution is 0.674. The monoisotopic (exact) mass is 139 g/mol. The van der Waals surface area contributed by atoms with Crippen LogP contribution in [0.3, 0.4) is 0 Å². The van der Waals surface area contributed by atoms with Gasteiger partial charge < -0.3 is 10.7 Å². The molecule has 0 aromatic carbocycles. The Labute approximate surface area is 60.7 Å². The Hall–Kier alpha value is -0.830. The molecule has 0 aliphatic heterocycles. The molecule has 3 nitrogen and oxygen atoms in total. The molecule has 1 unspecified atom stereocenters. The number of imidazole rings is 1. The Morgan fingerprint density at radius 1 is 1.80 bits per heavy atom. The van der Waals surface area contributed by atoms with Gasteiger partial charge in [0.25, 0.3) is 0 Å². The molecule has 0 spiro atoms. The number of rotatable bonds is 3. The van der Waals surface area contributed by atoms with E-state index in [0.29, 0.717) is 5.92 Å². The fourth-order valence-corrected chi connectivity index (χ4v) is 0.942.